The Hall–Kier alpha value is -1.77. The molecular formula is C18H28F3N3O2S. The van der Waals surface area contributed by atoms with Gasteiger partial charge < -0.3 is 0 Å². The van der Waals surface area contributed by atoms with Gasteiger partial charge in [0.2, 0.25) is 0 Å². The van der Waals surface area contributed by atoms with E-state index in [1.807, 2.05) is 25.9 Å². The number of hydrogen-bond donors (Lipinski definition) is 1. The second kappa shape index (κ2) is 9.43. The molecule has 0 aromatic heterocycles. The molecule has 154 valence electrons. The van der Waals surface area contributed by atoms with Crippen LogP contribution in [-0.2, 0) is 10.0 Å². The minimum absolute atomic E-state index is 0.129. The Kier molecular flexibility index (Phi) is 8.13. The fourth-order valence-electron chi connectivity index (χ4n) is 2.76. The van der Waals surface area contributed by atoms with Crippen LogP contribution in [0.3, 0.4) is 0 Å². The van der Waals surface area contributed by atoms with Crippen LogP contribution in [0, 0.1) is 6.92 Å². The van der Waals surface area contributed by atoms with E-state index in [0.717, 1.165) is 24.8 Å². The summed E-state index contributed by atoms with van der Waals surface area (Å²) >= 11 is 0. The Morgan fingerprint density at radius 2 is 1.89 bits per heavy atom. The summed E-state index contributed by atoms with van der Waals surface area (Å²) in [5.74, 6) is 0. The fourth-order valence-corrected chi connectivity index (χ4v) is 3.35. The normalized spacial score (nSPS) is 14.1. The first kappa shape index (κ1) is 23.3. The van der Waals surface area contributed by atoms with Crippen molar-refractivity contribution < 1.29 is 21.6 Å². The molecule has 0 aliphatic rings. The summed E-state index contributed by atoms with van der Waals surface area (Å²) in [6.07, 6.45) is 3.25. The van der Waals surface area contributed by atoms with Gasteiger partial charge in [0.25, 0.3) is 0 Å². The van der Waals surface area contributed by atoms with E-state index in [1.165, 1.54) is 6.07 Å². The van der Waals surface area contributed by atoms with Gasteiger partial charge in [-0.1, -0.05) is 38.8 Å². The van der Waals surface area contributed by atoms with Gasteiger partial charge >= 0.3 is 15.5 Å². The molecule has 0 amide bonds. The number of aryl methyl sites for hydroxylation is 1. The van der Waals surface area contributed by atoms with Crippen LogP contribution in [0.1, 0.15) is 57.6 Å². The highest BCUT2D eigenvalue weighted by molar-refractivity contribution is 7.93. The predicted molar refractivity (Wildman–Crippen MR) is 103 cm³/mol. The van der Waals surface area contributed by atoms with Gasteiger partial charge in [-0.05, 0) is 38.3 Å². The van der Waals surface area contributed by atoms with E-state index in [9.17, 15) is 21.6 Å². The van der Waals surface area contributed by atoms with Crippen LogP contribution in [0.5, 0.6) is 0 Å². The van der Waals surface area contributed by atoms with E-state index < -0.39 is 15.5 Å². The van der Waals surface area contributed by atoms with Crippen LogP contribution in [0.2, 0.25) is 0 Å². The third-order valence-corrected chi connectivity index (χ3v) is 5.37. The van der Waals surface area contributed by atoms with Gasteiger partial charge in [-0.25, -0.2) is 0 Å². The molecule has 1 aromatic carbocycles. The Balaban J connectivity index is 3.37. The minimum atomic E-state index is -5.50. The Morgan fingerprint density at radius 3 is 2.37 bits per heavy atom. The number of hydrogen-bond acceptors (Lipinski definition) is 4. The Bertz CT molecular complexity index is 762. The number of anilines is 1. The summed E-state index contributed by atoms with van der Waals surface area (Å²) in [5.41, 5.74) is -3.84. The molecule has 1 atom stereocenters. The highest BCUT2D eigenvalue weighted by Crippen LogP contribution is 2.28. The Morgan fingerprint density at radius 1 is 1.26 bits per heavy atom. The predicted octanol–water partition coefficient (Wildman–Crippen LogP) is 4.88. The van der Waals surface area contributed by atoms with Crippen molar-refractivity contribution in [1.82, 2.24) is 5.01 Å². The molecule has 0 radical (unpaired) electrons. The van der Waals surface area contributed by atoms with Crippen LogP contribution >= 0.6 is 0 Å². The van der Waals surface area contributed by atoms with Gasteiger partial charge in [-0.15, -0.1) is 0 Å². The van der Waals surface area contributed by atoms with E-state index in [4.69, 9.17) is 0 Å². The van der Waals surface area contributed by atoms with E-state index in [1.54, 1.807) is 23.8 Å². The van der Waals surface area contributed by atoms with Crippen LogP contribution in [-0.4, -0.2) is 37.7 Å². The van der Waals surface area contributed by atoms with Crippen molar-refractivity contribution in [3.63, 3.8) is 0 Å². The zero-order chi connectivity index (χ0) is 20.8. The number of nitrogens with one attached hydrogen (secondary N) is 1. The smallest absolute Gasteiger partial charge is 0.297 e. The molecule has 27 heavy (non-hydrogen) atoms. The van der Waals surface area contributed by atoms with Crippen LogP contribution in [0.15, 0.2) is 23.3 Å². The van der Waals surface area contributed by atoms with Gasteiger partial charge in [0.15, 0.2) is 0 Å². The third-order valence-electron chi connectivity index (χ3n) is 4.27. The molecule has 1 aromatic rings. The number of halogens is 3. The maximum atomic E-state index is 12.8. The fraction of sp³-hybridized carbons (Fsp3) is 0.611. The molecule has 1 rings (SSSR count). The number of alkyl halides is 3. The molecule has 0 aliphatic carbocycles. The maximum Gasteiger partial charge on any atom is 0.516 e. The van der Waals surface area contributed by atoms with E-state index in [0.29, 0.717) is 17.7 Å². The summed E-state index contributed by atoms with van der Waals surface area (Å²) in [6.45, 7) is 7.74. The summed E-state index contributed by atoms with van der Waals surface area (Å²) in [6, 6.07) is 4.74. The highest BCUT2D eigenvalue weighted by Gasteiger charge is 2.46. The van der Waals surface area contributed by atoms with Crippen molar-refractivity contribution in [1.29, 1.82) is 0 Å². The number of benzene rings is 1. The van der Waals surface area contributed by atoms with Gasteiger partial charge in [-0.3, -0.25) is 9.73 Å². The quantitative estimate of drug-likeness (QED) is 0.469. The van der Waals surface area contributed by atoms with Gasteiger partial charge in [0.1, 0.15) is 0 Å². The zero-order valence-electron chi connectivity index (χ0n) is 16.4. The topological polar surface area (TPSA) is 61.8 Å². The van der Waals surface area contributed by atoms with Gasteiger partial charge in [0, 0.05) is 18.7 Å². The molecule has 0 spiro atoms. The average molecular weight is 408 g/mol. The summed E-state index contributed by atoms with van der Waals surface area (Å²) in [7, 11) is -3.68. The maximum absolute atomic E-state index is 12.8. The number of sulfonamides is 1. The molecule has 0 saturated carbocycles. The van der Waals surface area contributed by atoms with Gasteiger partial charge in [-0.2, -0.15) is 26.7 Å². The third kappa shape index (κ3) is 6.12. The lowest BCUT2D eigenvalue weighted by Gasteiger charge is -2.26. The van der Waals surface area contributed by atoms with Crippen LogP contribution < -0.4 is 4.72 Å². The second-order valence-electron chi connectivity index (χ2n) is 6.42. The summed E-state index contributed by atoms with van der Waals surface area (Å²) in [4.78, 5) is 0. The largest absolute Gasteiger partial charge is 0.516 e. The van der Waals surface area contributed by atoms with Gasteiger partial charge in [0.05, 0.1) is 11.4 Å². The van der Waals surface area contributed by atoms with Crippen molar-refractivity contribution >= 4 is 21.4 Å². The number of nitrogens with zero attached hydrogens (tertiary/aromatic N) is 2. The molecule has 9 heteroatoms. The van der Waals surface area contributed by atoms with Crippen molar-refractivity contribution in [2.45, 2.75) is 64.9 Å². The molecule has 5 nitrogen and oxygen atoms in total. The first-order chi connectivity index (χ1) is 12.5. The lowest BCUT2D eigenvalue weighted by Crippen LogP contribution is -2.31. The lowest BCUT2D eigenvalue weighted by atomic mass is 10.0. The second-order valence-corrected chi connectivity index (χ2v) is 8.10. The van der Waals surface area contributed by atoms with Crippen LogP contribution in [0.25, 0.3) is 0 Å². The zero-order valence-corrected chi connectivity index (χ0v) is 17.2. The average Bonchev–Trinajstić information content (AvgIpc) is 2.57. The van der Waals surface area contributed by atoms with Crippen molar-refractivity contribution in [3.05, 3.63) is 29.3 Å². The van der Waals surface area contributed by atoms with E-state index >= 15 is 0 Å². The standard InChI is InChI=1S/C18H28F3N3O2S/c1-6-9-14(7-2)24(5)22-16(8-3)15-12-13(4)10-11-17(15)23-27(25,26)18(19,20)21/h10-12,14,23H,6-9H2,1-5H3/b22-16+. The van der Waals surface area contributed by atoms with E-state index in [-0.39, 0.29) is 11.7 Å². The number of rotatable bonds is 9. The Labute approximate surface area is 159 Å². The SMILES string of the molecule is CCCC(CC)N(C)/N=C(\CC)c1cc(C)ccc1NS(=O)(=O)C(F)(F)F. The monoisotopic (exact) mass is 407 g/mol. The molecule has 1 unspecified atom stereocenters. The minimum Gasteiger partial charge on any atom is -0.297 e. The van der Waals surface area contributed by atoms with Crippen molar-refractivity contribution in [2.75, 3.05) is 11.8 Å². The summed E-state index contributed by atoms with van der Waals surface area (Å²) in [5, 5.41) is 6.40. The lowest BCUT2D eigenvalue weighted by molar-refractivity contribution is -0.0429. The van der Waals surface area contributed by atoms with Crippen molar-refractivity contribution in [2.24, 2.45) is 5.10 Å². The van der Waals surface area contributed by atoms with Crippen molar-refractivity contribution in [3.8, 4) is 0 Å². The molecule has 0 bridgehead atoms. The summed E-state index contributed by atoms with van der Waals surface area (Å²) < 4.78 is 63.1. The van der Waals surface area contributed by atoms with E-state index in [2.05, 4.69) is 12.0 Å². The highest BCUT2D eigenvalue weighted by atomic mass is 32.2. The van der Waals surface area contributed by atoms with Crippen LogP contribution in [0.4, 0.5) is 18.9 Å². The molecule has 0 fully saturated rings. The molecule has 1 N–H and O–H groups in total. The molecule has 0 saturated heterocycles. The first-order valence-electron chi connectivity index (χ1n) is 8.97. The molecular weight excluding hydrogens is 379 g/mol. The molecule has 0 heterocycles. The first-order valence-corrected chi connectivity index (χ1v) is 10.5. The molecule has 0 aliphatic heterocycles. The number of hydrazone groups is 1.